The van der Waals surface area contributed by atoms with E-state index in [1.807, 2.05) is 12.1 Å². The van der Waals surface area contributed by atoms with E-state index in [2.05, 4.69) is 62.8 Å². The van der Waals surface area contributed by atoms with E-state index in [0.29, 0.717) is 12.6 Å². The number of piperazine rings is 1. The Balaban J connectivity index is 0.00000341. The van der Waals surface area contributed by atoms with Gasteiger partial charge >= 0.3 is 0 Å². The fourth-order valence-electron chi connectivity index (χ4n) is 3.55. The number of benzene rings is 1. The molecular formula is C22H36IN7O. The van der Waals surface area contributed by atoms with Crippen LogP contribution in [0.15, 0.2) is 35.6 Å². The molecule has 1 N–H and O–H groups in total. The zero-order chi connectivity index (χ0) is 21.3. The fraction of sp³-hybridized carbons (Fsp3) is 0.591. The number of methoxy groups -OCH3 is 1. The summed E-state index contributed by atoms with van der Waals surface area (Å²) in [5, 5.41) is 11.8. The molecule has 172 valence electrons. The number of aromatic nitrogens is 3. The van der Waals surface area contributed by atoms with Crippen LogP contribution in [0, 0.1) is 0 Å². The average molecular weight is 541 g/mol. The lowest BCUT2D eigenvalue weighted by Crippen LogP contribution is -2.54. The lowest BCUT2D eigenvalue weighted by atomic mass is 10.2. The van der Waals surface area contributed by atoms with E-state index in [-0.39, 0.29) is 24.0 Å². The predicted octanol–water partition coefficient (Wildman–Crippen LogP) is 3.03. The van der Waals surface area contributed by atoms with Gasteiger partial charge in [0.15, 0.2) is 5.96 Å². The first-order chi connectivity index (χ1) is 14.6. The molecule has 31 heavy (non-hydrogen) atoms. The Morgan fingerprint density at radius 1 is 1.23 bits per heavy atom. The fourth-order valence-corrected chi connectivity index (χ4v) is 3.55. The number of ether oxygens (including phenoxy) is 1. The summed E-state index contributed by atoms with van der Waals surface area (Å²) in [6.07, 6.45) is 3.74. The van der Waals surface area contributed by atoms with Gasteiger partial charge in [-0.15, -0.1) is 34.2 Å². The normalized spacial score (nSPS) is 15.4. The SMILES string of the molecule is CCc1nncn1CCN=C(NC(C)CC)N1CCN(c2cccc(OC)c2)CC1.I. The maximum absolute atomic E-state index is 5.38. The van der Waals surface area contributed by atoms with Crippen molar-refractivity contribution in [2.24, 2.45) is 4.99 Å². The monoisotopic (exact) mass is 541 g/mol. The third-order valence-electron chi connectivity index (χ3n) is 5.60. The molecule has 3 rings (SSSR count). The second-order valence-corrected chi connectivity index (χ2v) is 7.63. The lowest BCUT2D eigenvalue weighted by Gasteiger charge is -2.38. The van der Waals surface area contributed by atoms with Crippen LogP contribution in [-0.2, 0) is 13.0 Å². The maximum atomic E-state index is 5.38. The first-order valence-electron chi connectivity index (χ1n) is 11.0. The van der Waals surface area contributed by atoms with Crippen LogP contribution >= 0.6 is 24.0 Å². The van der Waals surface area contributed by atoms with E-state index in [4.69, 9.17) is 9.73 Å². The lowest BCUT2D eigenvalue weighted by molar-refractivity contribution is 0.365. The molecule has 1 atom stereocenters. The third-order valence-corrected chi connectivity index (χ3v) is 5.60. The van der Waals surface area contributed by atoms with Crippen molar-refractivity contribution < 1.29 is 4.74 Å². The highest BCUT2D eigenvalue weighted by molar-refractivity contribution is 14.0. The molecule has 1 aromatic heterocycles. The topological polar surface area (TPSA) is 70.8 Å². The molecule has 1 unspecified atom stereocenters. The number of nitrogens with one attached hydrogen (secondary N) is 1. The van der Waals surface area contributed by atoms with E-state index in [1.54, 1.807) is 13.4 Å². The van der Waals surface area contributed by atoms with Gasteiger partial charge in [0.25, 0.3) is 0 Å². The summed E-state index contributed by atoms with van der Waals surface area (Å²) in [6.45, 7) is 11.8. The van der Waals surface area contributed by atoms with E-state index in [0.717, 1.165) is 63.1 Å². The predicted molar refractivity (Wildman–Crippen MR) is 137 cm³/mol. The minimum Gasteiger partial charge on any atom is -0.497 e. The van der Waals surface area contributed by atoms with Gasteiger partial charge in [-0.2, -0.15) is 0 Å². The van der Waals surface area contributed by atoms with Crippen LogP contribution in [0.3, 0.4) is 0 Å². The molecule has 0 amide bonds. The molecule has 1 saturated heterocycles. The van der Waals surface area contributed by atoms with Crippen molar-refractivity contribution in [1.29, 1.82) is 0 Å². The summed E-state index contributed by atoms with van der Waals surface area (Å²) in [5.41, 5.74) is 1.21. The Morgan fingerprint density at radius 3 is 2.68 bits per heavy atom. The molecule has 1 fully saturated rings. The van der Waals surface area contributed by atoms with Gasteiger partial charge in [-0.05, 0) is 25.5 Å². The molecule has 8 nitrogen and oxygen atoms in total. The molecule has 0 saturated carbocycles. The summed E-state index contributed by atoms with van der Waals surface area (Å²) < 4.78 is 7.46. The summed E-state index contributed by atoms with van der Waals surface area (Å²) in [5.74, 6) is 2.91. The van der Waals surface area contributed by atoms with Crippen molar-refractivity contribution in [3.63, 3.8) is 0 Å². The van der Waals surface area contributed by atoms with Gasteiger partial charge in [-0.1, -0.05) is 19.9 Å². The molecule has 0 spiro atoms. The number of aliphatic imine (C=N–C) groups is 1. The van der Waals surface area contributed by atoms with E-state index in [1.165, 1.54) is 5.69 Å². The van der Waals surface area contributed by atoms with Crippen LogP contribution in [0.1, 0.15) is 33.0 Å². The number of rotatable bonds is 8. The highest BCUT2D eigenvalue weighted by Crippen LogP contribution is 2.22. The molecule has 1 aliphatic rings. The molecule has 1 aromatic carbocycles. The van der Waals surface area contributed by atoms with Crippen molar-refractivity contribution in [1.82, 2.24) is 25.0 Å². The van der Waals surface area contributed by atoms with E-state index in [9.17, 15) is 0 Å². The Labute approximate surface area is 203 Å². The van der Waals surface area contributed by atoms with Gasteiger partial charge in [0.05, 0.1) is 13.7 Å². The minimum absolute atomic E-state index is 0. The van der Waals surface area contributed by atoms with Gasteiger partial charge in [-0.25, -0.2) is 0 Å². The molecule has 2 heterocycles. The zero-order valence-corrected chi connectivity index (χ0v) is 21.5. The average Bonchev–Trinajstić information content (AvgIpc) is 3.26. The first kappa shape index (κ1) is 25.2. The van der Waals surface area contributed by atoms with Gasteiger partial charge in [0, 0.05) is 56.9 Å². The Bertz CT molecular complexity index is 818. The van der Waals surface area contributed by atoms with Crippen molar-refractivity contribution in [2.45, 2.75) is 46.2 Å². The third kappa shape index (κ3) is 6.98. The standard InChI is InChI=1S/C22H35N7O.HI/c1-5-18(3)25-22(23-10-11-29-17-24-26-21(29)6-2)28-14-12-27(13-15-28)19-8-7-9-20(16-19)30-4;/h7-9,16-18H,5-6,10-15H2,1-4H3,(H,23,25);1H. The molecule has 0 aliphatic carbocycles. The highest BCUT2D eigenvalue weighted by Gasteiger charge is 2.21. The zero-order valence-electron chi connectivity index (χ0n) is 19.1. The Kier molecular flexibility index (Phi) is 10.4. The molecule has 0 radical (unpaired) electrons. The molecule has 1 aliphatic heterocycles. The van der Waals surface area contributed by atoms with Crippen LogP contribution in [0.4, 0.5) is 5.69 Å². The number of anilines is 1. The number of hydrogen-bond acceptors (Lipinski definition) is 5. The quantitative estimate of drug-likeness (QED) is 0.315. The Morgan fingerprint density at radius 2 is 2.00 bits per heavy atom. The number of hydrogen-bond donors (Lipinski definition) is 1. The van der Waals surface area contributed by atoms with E-state index < -0.39 is 0 Å². The van der Waals surface area contributed by atoms with Gasteiger partial charge in [-0.3, -0.25) is 4.99 Å². The van der Waals surface area contributed by atoms with Crippen molar-refractivity contribution in [3.8, 4) is 5.75 Å². The Hall–Kier alpha value is -2.04. The molecule has 9 heteroatoms. The number of guanidine groups is 1. The van der Waals surface area contributed by atoms with Gasteiger partial charge in [0.2, 0.25) is 0 Å². The minimum atomic E-state index is 0. The molecule has 2 aromatic rings. The second kappa shape index (κ2) is 12.7. The molecule has 0 bridgehead atoms. The van der Waals surface area contributed by atoms with Crippen molar-refractivity contribution >= 4 is 35.6 Å². The summed E-state index contributed by atoms with van der Waals surface area (Å²) >= 11 is 0. The van der Waals surface area contributed by atoms with Gasteiger partial charge < -0.3 is 24.4 Å². The van der Waals surface area contributed by atoms with E-state index >= 15 is 0 Å². The molecular weight excluding hydrogens is 505 g/mol. The number of nitrogens with zero attached hydrogens (tertiary/aromatic N) is 6. The summed E-state index contributed by atoms with van der Waals surface area (Å²) in [4.78, 5) is 9.71. The summed E-state index contributed by atoms with van der Waals surface area (Å²) in [7, 11) is 1.71. The summed E-state index contributed by atoms with van der Waals surface area (Å²) in [6, 6.07) is 8.68. The number of aryl methyl sites for hydroxylation is 1. The van der Waals surface area contributed by atoms with Crippen LogP contribution in [-0.4, -0.2) is 71.5 Å². The van der Waals surface area contributed by atoms with Gasteiger partial charge in [0.1, 0.15) is 17.9 Å². The largest absolute Gasteiger partial charge is 0.497 e. The van der Waals surface area contributed by atoms with Crippen molar-refractivity contribution in [2.75, 3.05) is 44.7 Å². The maximum Gasteiger partial charge on any atom is 0.194 e. The first-order valence-corrected chi connectivity index (χ1v) is 11.0. The highest BCUT2D eigenvalue weighted by atomic mass is 127. The smallest absolute Gasteiger partial charge is 0.194 e. The van der Waals surface area contributed by atoms with Crippen LogP contribution < -0.4 is 15.0 Å². The number of halogens is 1. The van der Waals surface area contributed by atoms with Crippen LogP contribution in [0.5, 0.6) is 5.75 Å². The van der Waals surface area contributed by atoms with Crippen LogP contribution in [0.25, 0.3) is 0 Å². The van der Waals surface area contributed by atoms with Crippen LogP contribution in [0.2, 0.25) is 0 Å². The van der Waals surface area contributed by atoms with Crippen molar-refractivity contribution in [3.05, 3.63) is 36.4 Å². The second-order valence-electron chi connectivity index (χ2n) is 7.63.